The van der Waals surface area contributed by atoms with Gasteiger partial charge in [-0.15, -0.1) is 12.4 Å². The third-order valence-corrected chi connectivity index (χ3v) is 2.46. The van der Waals surface area contributed by atoms with Gasteiger partial charge in [0.05, 0.1) is 0 Å². The standard InChI is InChI=1S/C10H11F2N.ClH/c11-9-4-2-1-3-8(9)10(12)5-6-13-7-10;/h1-4,13H,5-7H2;1H. The zero-order chi connectivity index (χ0) is 9.31. The van der Waals surface area contributed by atoms with Crippen molar-refractivity contribution in [3.63, 3.8) is 0 Å². The maximum Gasteiger partial charge on any atom is 0.152 e. The molecule has 78 valence electrons. The highest BCUT2D eigenvalue weighted by Gasteiger charge is 2.37. The Morgan fingerprint density at radius 3 is 2.57 bits per heavy atom. The Morgan fingerprint density at radius 2 is 2.00 bits per heavy atom. The predicted molar refractivity (Wildman–Crippen MR) is 53.9 cm³/mol. The lowest BCUT2D eigenvalue weighted by Crippen LogP contribution is -2.24. The molecule has 1 unspecified atom stereocenters. The lowest BCUT2D eigenvalue weighted by Gasteiger charge is -2.18. The maximum atomic E-state index is 14.0. The first-order valence-corrected chi connectivity index (χ1v) is 4.37. The SMILES string of the molecule is Cl.Fc1ccccc1C1(F)CCNC1. The van der Waals surface area contributed by atoms with Crippen LogP contribution in [0.3, 0.4) is 0 Å². The van der Waals surface area contributed by atoms with E-state index in [0.717, 1.165) is 0 Å². The highest BCUT2D eigenvalue weighted by Crippen LogP contribution is 2.33. The molecule has 1 atom stereocenters. The smallest absolute Gasteiger partial charge is 0.152 e. The van der Waals surface area contributed by atoms with E-state index in [1.165, 1.54) is 12.1 Å². The van der Waals surface area contributed by atoms with E-state index in [-0.39, 0.29) is 24.5 Å². The Kier molecular flexibility index (Phi) is 3.45. The number of hydrogen-bond acceptors (Lipinski definition) is 1. The summed E-state index contributed by atoms with van der Waals surface area (Å²) < 4.78 is 27.2. The Bertz CT molecular complexity index is 311. The lowest BCUT2D eigenvalue weighted by molar-refractivity contribution is 0.186. The molecule has 0 bridgehead atoms. The lowest BCUT2D eigenvalue weighted by atomic mass is 9.94. The van der Waals surface area contributed by atoms with Crippen LogP contribution >= 0.6 is 12.4 Å². The van der Waals surface area contributed by atoms with Gasteiger partial charge in [0.1, 0.15) is 5.82 Å². The first-order valence-electron chi connectivity index (χ1n) is 4.37. The maximum absolute atomic E-state index is 14.0. The van der Waals surface area contributed by atoms with Crippen LogP contribution in [0.2, 0.25) is 0 Å². The van der Waals surface area contributed by atoms with Crippen LogP contribution in [0.25, 0.3) is 0 Å². The summed E-state index contributed by atoms with van der Waals surface area (Å²) in [5.74, 6) is -0.450. The van der Waals surface area contributed by atoms with Crippen LogP contribution in [-0.2, 0) is 5.67 Å². The average Bonchev–Trinajstić information content (AvgIpc) is 2.54. The van der Waals surface area contributed by atoms with Gasteiger partial charge in [-0.2, -0.15) is 0 Å². The van der Waals surface area contributed by atoms with Crippen molar-refractivity contribution in [2.24, 2.45) is 0 Å². The minimum atomic E-state index is -1.51. The van der Waals surface area contributed by atoms with Crippen molar-refractivity contribution < 1.29 is 8.78 Å². The molecule has 1 nitrogen and oxygen atoms in total. The molecule has 0 aromatic heterocycles. The van der Waals surface area contributed by atoms with Gasteiger partial charge in [0, 0.05) is 12.1 Å². The molecule has 1 aromatic rings. The molecule has 0 amide bonds. The molecular formula is C10H12ClF2N. The summed E-state index contributed by atoms with van der Waals surface area (Å²) in [6, 6.07) is 6.06. The molecule has 1 aliphatic heterocycles. The van der Waals surface area contributed by atoms with Crippen LogP contribution in [0.5, 0.6) is 0 Å². The summed E-state index contributed by atoms with van der Waals surface area (Å²) in [4.78, 5) is 0. The van der Waals surface area contributed by atoms with Crippen LogP contribution in [0.4, 0.5) is 8.78 Å². The summed E-state index contributed by atoms with van der Waals surface area (Å²) in [5.41, 5.74) is -1.33. The fourth-order valence-corrected chi connectivity index (χ4v) is 1.72. The summed E-state index contributed by atoms with van der Waals surface area (Å²) in [6.45, 7) is 0.832. The molecule has 1 aliphatic rings. The highest BCUT2D eigenvalue weighted by atomic mass is 35.5. The predicted octanol–water partition coefficient (Wildman–Crippen LogP) is 2.41. The molecular weight excluding hydrogens is 208 g/mol. The topological polar surface area (TPSA) is 12.0 Å². The van der Waals surface area contributed by atoms with Crippen molar-refractivity contribution in [3.05, 3.63) is 35.6 Å². The van der Waals surface area contributed by atoms with Crippen LogP contribution in [0.1, 0.15) is 12.0 Å². The molecule has 0 saturated carbocycles. The molecule has 1 fully saturated rings. The molecule has 1 saturated heterocycles. The van der Waals surface area contributed by atoms with Crippen LogP contribution < -0.4 is 5.32 Å². The fraction of sp³-hybridized carbons (Fsp3) is 0.400. The fourth-order valence-electron chi connectivity index (χ4n) is 1.72. The molecule has 1 heterocycles. The molecule has 0 aliphatic carbocycles. The minimum absolute atomic E-state index is 0. The Hall–Kier alpha value is -0.670. The van der Waals surface area contributed by atoms with Crippen LogP contribution in [0, 0.1) is 5.82 Å². The second-order valence-electron chi connectivity index (χ2n) is 3.37. The van der Waals surface area contributed by atoms with Crippen molar-refractivity contribution in [2.45, 2.75) is 12.1 Å². The highest BCUT2D eigenvalue weighted by molar-refractivity contribution is 5.85. The monoisotopic (exact) mass is 219 g/mol. The van der Waals surface area contributed by atoms with Crippen molar-refractivity contribution >= 4 is 12.4 Å². The average molecular weight is 220 g/mol. The van der Waals surface area contributed by atoms with E-state index in [4.69, 9.17) is 0 Å². The summed E-state index contributed by atoms with van der Waals surface area (Å²) in [6.07, 6.45) is 0.355. The molecule has 2 rings (SSSR count). The summed E-state index contributed by atoms with van der Waals surface area (Å²) in [5, 5.41) is 2.90. The third kappa shape index (κ3) is 1.88. The molecule has 0 radical (unpaired) electrons. The molecule has 14 heavy (non-hydrogen) atoms. The van der Waals surface area contributed by atoms with Gasteiger partial charge in [-0.1, -0.05) is 18.2 Å². The van der Waals surface area contributed by atoms with Gasteiger partial charge in [-0.05, 0) is 19.0 Å². The van der Waals surface area contributed by atoms with Gasteiger partial charge >= 0.3 is 0 Å². The minimum Gasteiger partial charge on any atom is -0.313 e. The van der Waals surface area contributed by atoms with Crippen LogP contribution in [-0.4, -0.2) is 13.1 Å². The number of benzene rings is 1. The van der Waals surface area contributed by atoms with E-state index in [1.807, 2.05) is 0 Å². The van der Waals surface area contributed by atoms with Gasteiger partial charge in [0.2, 0.25) is 0 Å². The van der Waals surface area contributed by atoms with Crippen LogP contribution in [0.15, 0.2) is 24.3 Å². The largest absolute Gasteiger partial charge is 0.313 e. The van der Waals surface area contributed by atoms with E-state index in [1.54, 1.807) is 12.1 Å². The summed E-state index contributed by atoms with van der Waals surface area (Å²) >= 11 is 0. The van der Waals surface area contributed by atoms with Gasteiger partial charge in [0.25, 0.3) is 0 Å². The Morgan fingerprint density at radius 1 is 1.29 bits per heavy atom. The zero-order valence-electron chi connectivity index (χ0n) is 7.59. The van der Waals surface area contributed by atoms with E-state index < -0.39 is 11.5 Å². The summed E-state index contributed by atoms with van der Waals surface area (Å²) in [7, 11) is 0. The van der Waals surface area contributed by atoms with Gasteiger partial charge in [0.15, 0.2) is 5.67 Å². The molecule has 1 aromatic carbocycles. The molecule has 4 heteroatoms. The number of alkyl halides is 1. The van der Waals surface area contributed by atoms with Crippen molar-refractivity contribution in [2.75, 3.05) is 13.1 Å². The normalized spacial score (nSPS) is 25.9. The molecule has 1 N–H and O–H groups in total. The van der Waals surface area contributed by atoms with Crippen molar-refractivity contribution in [1.29, 1.82) is 0 Å². The second-order valence-corrected chi connectivity index (χ2v) is 3.37. The zero-order valence-corrected chi connectivity index (χ0v) is 8.41. The van der Waals surface area contributed by atoms with Crippen molar-refractivity contribution in [3.8, 4) is 0 Å². The quantitative estimate of drug-likeness (QED) is 0.765. The molecule has 0 spiro atoms. The van der Waals surface area contributed by atoms with E-state index in [9.17, 15) is 8.78 Å². The number of hydrogen-bond donors (Lipinski definition) is 1. The second kappa shape index (κ2) is 4.24. The Labute approximate surface area is 87.9 Å². The number of halogens is 3. The first kappa shape index (κ1) is 11.4. The van der Waals surface area contributed by atoms with E-state index >= 15 is 0 Å². The van der Waals surface area contributed by atoms with Gasteiger partial charge < -0.3 is 5.32 Å². The van der Waals surface area contributed by atoms with E-state index in [2.05, 4.69) is 5.32 Å². The number of nitrogens with one attached hydrogen (secondary N) is 1. The van der Waals surface area contributed by atoms with Crippen molar-refractivity contribution in [1.82, 2.24) is 5.32 Å². The third-order valence-electron chi connectivity index (χ3n) is 2.46. The number of rotatable bonds is 1. The van der Waals surface area contributed by atoms with Gasteiger partial charge in [-0.25, -0.2) is 8.78 Å². The first-order chi connectivity index (χ1) is 6.22. The van der Waals surface area contributed by atoms with Gasteiger partial charge in [-0.3, -0.25) is 0 Å². The Balaban J connectivity index is 0.000000980. The van der Waals surface area contributed by atoms with E-state index in [0.29, 0.717) is 13.0 Å².